The minimum Gasteiger partial charge on any atom is -0.456 e. The summed E-state index contributed by atoms with van der Waals surface area (Å²) in [6, 6.07) is 42.8. The molecule has 3 aromatic heterocycles. The Balaban J connectivity index is 1.20. The Bertz CT molecular complexity index is 2790. The zero-order valence-electron chi connectivity index (χ0n) is 25.8. The molecule has 0 radical (unpaired) electrons. The molecule has 0 aliphatic heterocycles. The van der Waals surface area contributed by atoms with Gasteiger partial charge in [-0.2, -0.15) is 0 Å². The quantitative estimate of drug-likeness (QED) is 0.193. The van der Waals surface area contributed by atoms with Gasteiger partial charge < -0.3 is 4.42 Å². The largest absolute Gasteiger partial charge is 0.456 e. The molecule has 0 saturated heterocycles. The molecule has 5 heteroatoms. The Labute approximate surface area is 280 Å². The topological polar surface area (TPSA) is 51.8 Å². The van der Waals surface area contributed by atoms with E-state index in [4.69, 9.17) is 19.4 Å². The standard InChI is InChI=1S/C43H27N3OS/c1-2-11-27(12-3-1)41-44-42(46-43(45-41)33-16-9-19-38-40(33)31-14-6-7-18-37(31)48-38)32-15-8-17-36-39(32)34-25-30(22-23-35(34)47-36)29-21-20-26-10-4-5-13-28(26)24-29/h1-11,13-25,27H,12H2. The highest BCUT2D eigenvalue weighted by molar-refractivity contribution is 7.25. The summed E-state index contributed by atoms with van der Waals surface area (Å²) < 4.78 is 8.92. The van der Waals surface area contributed by atoms with Crippen LogP contribution in [0.15, 0.2) is 150 Å². The fourth-order valence-electron chi connectivity index (χ4n) is 7.09. The van der Waals surface area contributed by atoms with Gasteiger partial charge in [0.1, 0.15) is 17.0 Å². The Morgan fingerprint density at radius 2 is 1.31 bits per heavy atom. The lowest BCUT2D eigenvalue weighted by molar-refractivity contribution is 0.669. The smallest absolute Gasteiger partial charge is 0.164 e. The van der Waals surface area contributed by atoms with Crippen LogP contribution in [0.3, 0.4) is 0 Å². The summed E-state index contributed by atoms with van der Waals surface area (Å²) >= 11 is 1.80. The Kier molecular flexibility index (Phi) is 6.14. The lowest BCUT2D eigenvalue weighted by Crippen LogP contribution is -2.08. The maximum Gasteiger partial charge on any atom is 0.164 e. The van der Waals surface area contributed by atoms with E-state index in [0.29, 0.717) is 11.6 Å². The minimum atomic E-state index is 0.0636. The predicted molar refractivity (Wildman–Crippen MR) is 199 cm³/mol. The average molecular weight is 634 g/mol. The molecule has 1 unspecified atom stereocenters. The van der Waals surface area contributed by atoms with Crippen molar-refractivity contribution in [2.75, 3.05) is 0 Å². The molecule has 1 aliphatic rings. The normalized spacial score (nSPS) is 14.6. The molecule has 0 N–H and O–H groups in total. The molecular weight excluding hydrogens is 607 g/mol. The molecule has 9 aromatic rings. The van der Waals surface area contributed by atoms with E-state index in [2.05, 4.69) is 133 Å². The number of fused-ring (bicyclic) bond motifs is 7. The van der Waals surface area contributed by atoms with Crippen molar-refractivity contribution in [2.24, 2.45) is 0 Å². The molecular formula is C43H27N3OS. The van der Waals surface area contributed by atoms with E-state index in [9.17, 15) is 0 Å². The summed E-state index contributed by atoms with van der Waals surface area (Å²) in [5, 5.41) is 6.92. The summed E-state index contributed by atoms with van der Waals surface area (Å²) in [5.41, 5.74) is 5.91. The van der Waals surface area contributed by atoms with Crippen molar-refractivity contribution in [1.29, 1.82) is 0 Å². The highest BCUT2D eigenvalue weighted by atomic mass is 32.1. The Morgan fingerprint density at radius 1 is 0.562 bits per heavy atom. The van der Waals surface area contributed by atoms with Crippen LogP contribution in [0.1, 0.15) is 18.2 Å². The Hall–Kier alpha value is -5.91. The first-order valence-corrected chi connectivity index (χ1v) is 17.0. The molecule has 0 saturated carbocycles. The molecule has 10 rings (SSSR count). The maximum absolute atomic E-state index is 6.44. The first kappa shape index (κ1) is 27.2. The van der Waals surface area contributed by atoms with Gasteiger partial charge in [-0.1, -0.05) is 109 Å². The van der Waals surface area contributed by atoms with Crippen LogP contribution in [0.2, 0.25) is 0 Å². The number of rotatable bonds is 4. The van der Waals surface area contributed by atoms with E-state index in [1.165, 1.54) is 36.5 Å². The predicted octanol–water partition coefficient (Wildman–Crippen LogP) is 11.9. The van der Waals surface area contributed by atoms with Gasteiger partial charge in [0, 0.05) is 48.0 Å². The van der Waals surface area contributed by atoms with Gasteiger partial charge in [-0.3, -0.25) is 0 Å². The number of hydrogen-bond donors (Lipinski definition) is 0. The number of benzene rings is 6. The molecule has 0 bridgehead atoms. The molecule has 6 aromatic carbocycles. The lowest BCUT2D eigenvalue weighted by atomic mass is 9.98. The van der Waals surface area contributed by atoms with Crippen LogP contribution in [0.5, 0.6) is 0 Å². The second-order valence-corrected chi connectivity index (χ2v) is 13.4. The van der Waals surface area contributed by atoms with Crippen LogP contribution in [-0.2, 0) is 0 Å². The third-order valence-corrected chi connectivity index (χ3v) is 10.6. The molecule has 0 spiro atoms. The number of hydrogen-bond acceptors (Lipinski definition) is 5. The van der Waals surface area contributed by atoms with Crippen molar-refractivity contribution in [3.63, 3.8) is 0 Å². The molecule has 48 heavy (non-hydrogen) atoms. The van der Waals surface area contributed by atoms with Crippen molar-refractivity contribution < 1.29 is 4.42 Å². The monoisotopic (exact) mass is 633 g/mol. The number of furan rings is 1. The summed E-state index contributed by atoms with van der Waals surface area (Å²) in [5.74, 6) is 2.18. The number of allylic oxidation sites excluding steroid dienone is 4. The van der Waals surface area contributed by atoms with Crippen LogP contribution in [0.4, 0.5) is 0 Å². The van der Waals surface area contributed by atoms with Gasteiger partial charge in [-0.15, -0.1) is 11.3 Å². The fraction of sp³-hybridized carbons (Fsp3) is 0.0465. The molecule has 4 nitrogen and oxygen atoms in total. The SMILES string of the molecule is C1=CCC(c2nc(-c3cccc4oc5ccc(-c6ccc7ccccc7c6)cc5c34)nc(-c3cccc4sc5ccccc5c34)n2)C=C1. The van der Waals surface area contributed by atoms with E-state index >= 15 is 0 Å². The van der Waals surface area contributed by atoms with Crippen molar-refractivity contribution in [1.82, 2.24) is 15.0 Å². The van der Waals surface area contributed by atoms with Crippen LogP contribution < -0.4 is 0 Å². The number of aromatic nitrogens is 3. The molecule has 0 fully saturated rings. The van der Waals surface area contributed by atoms with Crippen molar-refractivity contribution in [3.05, 3.63) is 151 Å². The van der Waals surface area contributed by atoms with Crippen molar-refractivity contribution in [2.45, 2.75) is 12.3 Å². The zero-order valence-corrected chi connectivity index (χ0v) is 26.6. The van der Waals surface area contributed by atoms with E-state index in [-0.39, 0.29) is 5.92 Å². The molecule has 1 aliphatic carbocycles. The minimum absolute atomic E-state index is 0.0636. The van der Waals surface area contributed by atoms with Crippen LogP contribution in [0.25, 0.3) is 86.8 Å². The summed E-state index contributed by atoms with van der Waals surface area (Å²) in [7, 11) is 0. The molecule has 0 amide bonds. The van der Waals surface area contributed by atoms with Gasteiger partial charge >= 0.3 is 0 Å². The van der Waals surface area contributed by atoms with E-state index in [1.54, 1.807) is 11.3 Å². The third-order valence-electron chi connectivity index (χ3n) is 9.43. The summed E-state index contributed by atoms with van der Waals surface area (Å²) in [4.78, 5) is 15.6. The third kappa shape index (κ3) is 4.39. The van der Waals surface area contributed by atoms with Crippen LogP contribution >= 0.6 is 11.3 Å². The first-order chi connectivity index (χ1) is 23.8. The summed E-state index contributed by atoms with van der Waals surface area (Å²) in [6.45, 7) is 0. The lowest BCUT2D eigenvalue weighted by Gasteiger charge is -2.15. The number of thiophene rings is 1. The van der Waals surface area contributed by atoms with Gasteiger partial charge in [0.25, 0.3) is 0 Å². The second kappa shape index (κ2) is 10.8. The van der Waals surface area contributed by atoms with Crippen molar-refractivity contribution in [3.8, 4) is 33.9 Å². The van der Waals surface area contributed by atoms with Gasteiger partial charge in [0.15, 0.2) is 11.6 Å². The molecule has 3 heterocycles. The highest BCUT2D eigenvalue weighted by Crippen LogP contribution is 2.41. The first-order valence-electron chi connectivity index (χ1n) is 16.2. The van der Waals surface area contributed by atoms with Crippen LogP contribution in [0, 0.1) is 0 Å². The van der Waals surface area contributed by atoms with E-state index in [1.807, 2.05) is 12.1 Å². The van der Waals surface area contributed by atoms with Gasteiger partial charge in [0.05, 0.1) is 0 Å². The van der Waals surface area contributed by atoms with E-state index < -0.39 is 0 Å². The molecule has 226 valence electrons. The molecule has 1 atom stereocenters. The van der Waals surface area contributed by atoms with Gasteiger partial charge in [0.2, 0.25) is 0 Å². The summed E-state index contributed by atoms with van der Waals surface area (Å²) in [6.07, 6.45) is 9.39. The van der Waals surface area contributed by atoms with Gasteiger partial charge in [-0.05, 0) is 64.7 Å². The fourth-order valence-corrected chi connectivity index (χ4v) is 8.23. The van der Waals surface area contributed by atoms with E-state index in [0.717, 1.165) is 50.9 Å². The average Bonchev–Trinajstić information content (AvgIpc) is 3.73. The second-order valence-electron chi connectivity index (χ2n) is 12.3. The maximum atomic E-state index is 6.44. The van der Waals surface area contributed by atoms with Crippen molar-refractivity contribution >= 4 is 64.2 Å². The zero-order chi connectivity index (χ0) is 31.6. The number of nitrogens with zero attached hydrogens (tertiary/aromatic N) is 3. The van der Waals surface area contributed by atoms with Crippen LogP contribution in [-0.4, -0.2) is 15.0 Å². The Morgan fingerprint density at radius 3 is 2.19 bits per heavy atom. The highest BCUT2D eigenvalue weighted by Gasteiger charge is 2.22. The van der Waals surface area contributed by atoms with Gasteiger partial charge in [-0.25, -0.2) is 15.0 Å².